The van der Waals surface area contributed by atoms with Gasteiger partial charge in [-0.2, -0.15) is 0 Å². The zero-order valence-corrected chi connectivity index (χ0v) is 23.5. The fourth-order valence-electron chi connectivity index (χ4n) is 4.83. The first-order valence-electron chi connectivity index (χ1n) is 14.3. The number of carbonyl (C=O) groups is 4. The van der Waals surface area contributed by atoms with Crippen LogP contribution in [-0.2, 0) is 19.1 Å². The zero-order valence-electron chi connectivity index (χ0n) is 23.5. The number of fused-ring (bicyclic) bond motifs is 1. The largest absolute Gasteiger partial charge is 0.491 e. The van der Waals surface area contributed by atoms with Crippen LogP contribution in [0.5, 0.6) is 5.75 Å². The Morgan fingerprint density at radius 3 is 2.64 bits per heavy atom. The Bertz CT molecular complexity index is 978. The molecule has 1 aromatic carbocycles. The third kappa shape index (κ3) is 9.53. The van der Waals surface area contributed by atoms with Crippen molar-refractivity contribution in [2.45, 2.75) is 83.9 Å². The smallest absolute Gasteiger partial charge is 0.255 e. The number of hydrogen-bond donors (Lipinski definition) is 3. The van der Waals surface area contributed by atoms with Crippen molar-refractivity contribution in [1.82, 2.24) is 20.9 Å². The van der Waals surface area contributed by atoms with E-state index >= 15 is 0 Å². The van der Waals surface area contributed by atoms with Gasteiger partial charge in [-0.05, 0) is 50.2 Å². The van der Waals surface area contributed by atoms with Gasteiger partial charge < -0.3 is 30.3 Å². The highest BCUT2D eigenvalue weighted by molar-refractivity contribution is 5.99. The van der Waals surface area contributed by atoms with Crippen molar-refractivity contribution in [3.63, 3.8) is 0 Å². The Labute approximate surface area is 231 Å². The van der Waals surface area contributed by atoms with Crippen molar-refractivity contribution in [3.8, 4) is 5.75 Å². The van der Waals surface area contributed by atoms with Gasteiger partial charge in [0, 0.05) is 26.1 Å². The number of nitrogens with zero attached hydrogens (tertiary/aromatic N) is 1. The minimum atomic E-state index is -0.942. The predicted molar refractivity (Wildman–Crippen MR) is 147 cm³/mol. The Hall–Kier alpha value is -3.14. The predicted octanol–water partition coefficient (Wildman–Crippen LogP) is 2.41. The van der Waals surface area contributed by atoms with Gasteiger partial charge >= 0.3 is 0 Å². The molecule has 4 amide bonds. The lowest BCUT2D eigenvalue weighted by Gasteiger charge is -2.29. The van der Waals surface area contributed by atoms with Gasteiger partial charge in [0.25, 0.3) is 5.91 Å². The maximum absolute atomic E-state index is 13.6. The molecule has 2 aliphatic heterocycles. The molecule has 0 aromatic heterocycles. The quantitative estimate of drug-likeness (QED) is 0.462. The van der Waals surface area contributed by atoms with Crippen molar-refractivity contribution >= 4 is 23.6 Å². The molecule has 0 spiro atoms. The third-order valence-corrected chi connectivity index (χ3v) is 6.99. The average molecular weight is 545 g/mol. The summed E-state index contributed by atoms with van der Waals surface area (Å²) in [5.74, 6) is -0.753. The van der Waals surface area contributed by atoms with E-state index in [2.05, 4.69) is 22.9 Å². The molecular weight excluding hydrogens is 500 g/mol. The number of para-hydroxylation sites is 1. The summed E-state index contributed by atoms with van der Waals surface area (Å²) in [4.78, 5) is 54.7. The topological polar surface area (TPSA) is 126 Å². The molecule has 2 aliphatic rings. The van der Waals surface area contributed by atoms with Crippen LogP contribution in [0, 0.1) is 5.92 Å². The molecule has 1 fully saturated rings. The molecular formula is C29H44N4O6. The second kappa shape index (κ2) is 15.5. The molecule has 0 bridgehead atoms. The molecule has 10 heteroatoms. The average Bonchev–Trinajstić information content (AvgIpc) is 3.44. The van der Waals surface area contributed by atoms with Gasteiger partial charge in [-0.25, -0.2) is 0 Å². The monoisotopic (exact) mass is 544 g/mol. The number of carbonyl (C=O) groups excluding carboxylic acids is 4. The van der Waals surface area contributed by atoms with E-state index in [1.807, 2.05) is 13.8 Å². The Morgan fingerprint density at radius 1 is 1.13 bits per heavy atom. The summed E-state index contributed by atoms with van der Waals surface area (Å²) in [6.45, 7) is 8.16. The zero-order chi connectivity index (χ0) is 28.2. The van der Waals surface area contributed by atoms with E-state index < -0.39 is 18.0 Å². The highest BCUT2D eigenvalue weighted by Gasteiger charge is 2.29. The van der Waals surface area contributed by atoms with Gasteiger partial charge in [0.2, 0.25) is 17.7 Å². The molecule has 3 rings (SSSR count). The van der Waals surface area contributed by atoms with E-state index in [1.165, 1.54) is 0 Å². The van der Waals surface area contributed by atoms with Crippen molar-refractivity contribution in [2.75, 3.05) is 32.8 Å². The van der Waals surface area contributed by atoms with Crippen LogP contribution in [0.4, 0.5) is 0 Å². The van der Waals surface area contributed by atoms with E-state index in [4.69, 9.17) is 9.47 Å². The summed E-state index contributed by atoms with van der Waals surface area (Å²) < 4.78 is 11.6. The summed E-state index contributed by atoms with van der Waals surface area (Å²) in [7, 11) is 0. The van der Waals surface area contributed by atoms with E-state index in [9.17, 15) is 19.2 Å². The molecule has 10 nitrogen and oxygen atoms in total. The van der Waals surface area contributed by atoms with Crippen molar-refractivity contribution in [3.05, 3.63) is 29.8 Å². The molecule has 2 heterocycles. The van der Waals surface area contributed by atoms with E-state index in [1.54, 1.807) is 29.2 Å². The molecule has 39 heavy (non-hydrogen) atoms. The Kier molecular flexibility index (Phi) is 12.0. The molecule has 0 radical (unpaired) electrons. The standard InChI is InChI=1S/C29H44N4O6/c1-4-5-14-33-15-17-39-25-11-7-6-10-22(25)27(35)32-23(28(36)30-19-21-9-8-16-38-21)12-13-26(34)31-24(29(33)37)18-20(2)3/h6-7,10-11,20-21,23-24H,4-5,8-9,12-19H2,1-3H3,(H,30,36)(H,31,34)(H,32,35)/t21?,23-,24-/m0/s1. The molecule has 3 N–H and O–H groups in total. The number of rotatable bonds is 8. The van der Waals surface area contributed by atoms with Gasteiger partial charge in [0.1, 0.15) is 24.4 Å². The molecule has 0 aliphatic carbocycles. The normalized spacial score (nSPS) is 23.2. The minimum Gasteiger partial charge on any atom is -0.491 e. The molecule has 1 unspecified atom stereocenters. The fourth-order valence-corrected chi connectivity index (χ4v) is 4.83. The number of amides is 4. The number of benzene rings is 1. The van der Waals surface area contributed by atoms with Crippen molar-refractivity contribution in [2.24, 2.45) is 5.92 Å². The second-order valence-corrected chi connectivity index (χ2v) is 10.7. The lowest BCUT2D eigenvalue weighted by molar-refractivity contribution is -0.137. The maximum Gasteiger partial charge on any atom is 0.255 e. The molecule has 216 valence electrons. The number of nitrogens with one attached hydrogen (secondary N) is 3. The first-order valence-corrected chi connectivity index (χ1v) is 14.3. The minimum absolute atomic E-state index is 0.0206. The van der Waals surface area contributed by atoms with E-state index in [0.29, 0.717) is 38.4 Å². The van der Waals surface area contributed by atoms with Crippen LogP contribution in [0.1, 0.15) is 76.1 Å². The highest BCUT2D eigenvalue weighted by atomic mass is 16.5. The van der Waals surface area contributed by atoms with E-state index in [-0.39, 0.29) is 54.8 Å². The van der Waals surface area contributed by atoms with Gasteiger partial charge in [-0.1, -0.05) is 39.3 Å². The summed E-state index contributed by atoms with van der Waals surface area (Å²) in [5, 5.41) is 8.56. The second-order valence-electron chi connectivity index (χ2n) is 10.7. The van der Waals surface area contributed by atoms with Crippen LogP contribution in [0.15, 0.2) is 24.3 Å². The summed E-state index contributed by atoms with van der Waals surface area (Å²) in [6, 6.07) is 5.22. The van der Waals surface area contributed by atoms with Crippen LogP contribution in [0.2, 0.25) is 0 Å². The van der Waals surface area contributed by atoms with Crippen molar-refractivity contribution in [1.29, 1.82) is 0 Å². The van der Waals surface area contributed by atoms with Gasteiger partial charge in [0.15, 0.2) is 0 Å². The Morgan fingerprint density at radius 2 is 1.92 bits per heavy atom. The number of hydrogen-bond acceptors (Lipinski definition) is 6. The first kappa shape index (κ1) is 30.4. The third-order valence-electron chi connectivity index (χ3n) is 6.99. The van der Waals surface area contributed by atoms with Gasteiger partial charge in [-0.15, -0.1) is 0 Å². The molecule has 1 saturated heterocycles. The van der Waals surface area contributed by atoms with Crippen LogP contribution >= 0.6 is 0 Å². The summed E-state index contributed by atoms with van der Waals surface area (Å²) in [6.07, 6.45) is 4.07. The summed E-state index contributed by atoms with van der Waals surface area (Å²) in [5.41, 5.74) is 0.290. The number of unbranched alkanes of at least 4 members (excludes halogenated alkanes) is 1. The van der Waals surface area contributed by atoms with Gasteiger partial charge in [0.05, 0.1) is 18.2 Å². The number of ether oxygens (including phenoxy) is 2. The van der Waals surface area contributed by atoms with Crippen molar-refractivity contribution < 1.29 is 28.7 Å². The van der Waals surface area contributed by atoms with Crippen LogP contribution in [-0.4, -0.2) is 79.6 Å². The van der Waals surface area contributed by atoms with Crippen LogP contribution in [0.3, 0.4) is 0 Å². The van der Waals surface area contributed by atoms with Crippen LogP contribution in [0.25, 0.3) is 0 Å². The fraction of sp³-hybridized carbons (Fsp3) is 0.655. The van der Waals surface area contributed by atoms with Crippen LogP contribution < -0.4 is 20.7 Å². The summed E-state index contributed by atoms with van der Waals surface area (Å²) >= 11 is 0. The lowest BCUT2D eigenvalue weighted by atomic mass is 10.0. The molecule has 1 aromatic rings. The lowest BCUT2D eigenvalue weighted by Crippen LogP contribution is -2.51. The van der Waals surface area contributed by atoms with Gasteiger partial charge in [-0.3, -0.25) is 19.2 Å². The Balaban J connectivity index is 1.84. The molecule has 3 atom stereocenters. The first-order chi connectivity index (χ1) is 18.8. The highest BCUT2D eigenvalue weighted by Crippen LogP contribution is 2.19. The maximum atomic E-state index is 13.6. The SMILES string of the molecule is CCCCN1CCOc2ccccc2C(=O)N[C@H](C(=O)NCC2CCCO2)CCC(=O)N[C@@H](CC(C)C)C1=O. The molecule has 0 saturated carbocycles. The van der Waals surface area contributed by atoms with E-state index in [0.717, 1.165) is 25.7 Å².